The van der Waals surface area contributed by atoms with Gasteiger partial charge in [0.15, 0.2) is 0 Å². The van der Waals surface area contributed by atoms with Gasteiger partial charge in [-0.25, -0.2) is 0 Å². The van der Waals surface area contributed by atoms with Crippen LogP contribution in [0.25, 0.3) is 0 Å². The summed E-state index contributed by atoms with van der Waals surface area (Å²) in [7, 11) is 2.24. The van der Waals surface area contributed by atoms with Gasteiger partial charge in [0.05, 0.1) is 13.2 Å². The normalized spacial score (nSPS) is 47.3. The highest BCUT2D eigenvalue weighted by atomic mass is 16.5. The fourth-order valence-corrected chi connectivity index (χ4v) is 2.94. The van der Waals surface area contributed by atoms with Gasteiger partial charge in [-0.3, -0.25) is 0 Å². The van der Waals surface area contributed by atoms with Crippen molar-refractivity contribution in [1.29, 1.82) is 0 Å². The molecular formula is C11H21NO. The molecule has 0 amide bonds. The fraction of sp³-hybridized carbons (Fsp3) is 1.00. The molecule has 0 unspecified atom stereocenters. The molecule has 0 aliphatic carbocycles. The van der Waals surface area contributed by atoms with Gasteiger partial charge in [-0.05, 0) is 24.8 Å². The number of hydrogen-bond donors (Lipinski definition) is 0. The number of fused-ring (bicyclic) bond motifs is 1. The van der Waals surface area contributed by atoms with Crippen molar-refractivity contribution in [3.8, 4) is 0 Å². The maximum absolute atomic E-state index is 5.59. The minimum Gasteiger partial charge on any atom is -0.381 e. The first-order chi connectivity index (χ1) is 6.18. The molecule has 2 fully saturated rings. The minimum atomic E-state index is 0.796. The fourth-order valence-electron chi connectivity index (χ4n) is 2.94. The first-order valence-electron chi connectivity index (χ1n) is 5.44. The van der Waals surface area contributed by atoms with Gasteiger partial charge in [-0.1, -0.05) is 13.8 Å². The summed E-state index contributed by atoms with van der Waals surface area (Å²) in [4.78, 5) is 2.47. The summed E-state index contributed by atoms with van der Waals surface area (Å²) in [6.07, 6.45) is 0. The molecule has 2 aliphatic heterocycles. The Morgan fingerprint density at radius 2 is 1.92 bits per heavy atom. The van der Waals surface area contributed by atoms with Crippen LogP contribution in [-0.4, -0.2) is 38.3 Å². The van der Waals surface area contributed by atoms with Gasteiger partial charge >= 0.3 is 0 Å². The summed E-state index contributed by atoms with van der Waals surface area (Å²) in [6, 6.07) is 0. The highest BCUT2D eigenvalue weighted by Crippen LogP contribution is 2.35. The lowest BCUT2D eigenvalue weighted by Crippen LogP contribution is -2.27. The molecule has 0 aromatic carbocycles. The molecule has 2 rings (SSSR count). The van der Waals surface area contributed by atoms with Crippen LogP contribution in [0.2, 0.25) is 0 Å². The molecule has 2 saturated heterocycles. The second-order valence-corrected chi connectivity index (χ2v) is 5.02. The first kappa shape index (κ1) is 9.47. The Morgan fingerprint density at radius 3 is 2.69 bits per heavy atom. The van der Waals surface area contributed by atoms with E-state index in [0.717, 1.165) is 36.9 Å². The van der Waals surface area contributed by atoms with E-state index in [2.05, 4.69) is 25.8 Å². The third-order valence-electron chi connectivity index (χ3n) is 3.97. The van der Waals surface area contributed by atoms with Gasteiger partial charge in [-0.15, -0.1) is 0 Å². The van der Waals surface area contributed by atoms with E-state index < -0.39 is 0 Å². The molecule has 2 heterocycles. The Bertz CT molecular complexity index is 181. The molecule has 0 aromatic rings. The summed E-state index contributed by atoms with van der Waals surface area (Å²) >= 11 is 0. The molecule has 13 heavy (non-hydrogen) atoms. The lowest BCUT2D eigenvalue weighted by Gasteiger charge is -2.24. The van der Waals surface area contributed by atoms with Crippen LogP contribution in [0.4, 0.5) is 0 Å². The lowest BCUT2D eigenvalue weighted by atomic mass is 9.80. The largest absolute Gasteiger partial charge is 0.381 e. The zero-order chi connectivity index (χ0) is 9.42. The number of ether oxygens (including phenoxy) is 1. The van der Waals surface area contributed by atoms with Crippen molar-refractivity contribution >= 4 is 0 Å². The van der Waals surface area contributed by atoms with E-state index in [1.165, 1.54) is 13.1 Å². The topological polar surface area (TPSA) is 12.5 Å². The maximum Gasteiger partial charge on any atom is 0.0510 e. The zero-order valence-electron chi connectivity index (χ0n) is 8.99. The molecule has 2 aliphatic rings. The third kappa shape index (κ3) is 1.75. The van der Waals surface area contributed by atoms with Gasteiger partial charge in [-0.2, -0.15) is 0 Å². The van der Waals surface area contributed by atoms with E-state index in [9.17, 15) is 0 Å². The van der Waals surface area contributed by atoms with Crippen LogP contribution in [0, 0.1) is 23.7 Å². The Hall–Kier alpha value is -0.0800. The summed E-state index contributed by atoms with van der Waals surface area (Å²) < 4.78 is 5.59. The van der Waals surface area contributed by atoms with Crippen LogP contribution in [-0.2, 0) is 4.74 Å². The molecule has 2 heteroatoms. The van der Waals surface area contributed by atoms with Crippen LogP contribution in [0.5, 0.6) is 0 Å². The molecule has 76 valence electrons. The van der Waals surface area contributed by atoms with E-state index in [0.29, 0.717) is 0 Å². The van der Waals surface area contributed by atoms with Crippen molar-refractivity contribution in [2.45, 2.75) is 13.8 Å². The van der Waals surface area contributed by atoms with Crippen LogP contribution >= 0.6 is 0 Å². The highest BCUT2D eigenvalue weighted by Gasteiger charge is 2.38. The summed E-state index contributed by atoms with van der Waals surface area (Å²) in [6.45, 7) is 9.27. The summed E-state index contributed by atoms with van der Waals surface area (Å²) in [5.41, 5.74) is 0. The average Bonchev–Trinajstić information content (AvgIpc) is 2.47. The van der Waals surface area contributed by atoms with Crippen LogP contribution < -0.4 is 0 Å². The van der Waals surface area contributed by atoms with Crippen molar-refractivity contribution in [3.63, 3.8) is 0 Å². The smallest absolute Gasteiger partial charge is 0.0510 e. The van der Waals surface area contributed by atoms with E-state index in [-0.39, 0.29) is 0 Å². The molecule has 0 spiro atoms. The second-order valence-electron chi connectivity index (χ2n) is 5.02. The van der Waals surface area contributed by atoms with E-state index >= 15 is 0 Å². The Kier molecular flexibility index (Phi) is 2.61. The second kappa shape index (κ2) is 3.58. The van der Waals surface area contributed by atoms with Crippen LogP contribution in [0.3, 0.4) is 0 Å². The lowest BCUT2D eigenvalue weighted by molar-refractivity contribution is 0.150. The quantitative estimate of drug-likeness (QED) is 0.564. The molecule has 0 radical (unpaired) electrons. The van der Waals surface area contributed by atoms with E-state index in [1.54, 1.807) is 0 Å². The SMILES string of the molecule is C[C@H]1[C@@H]2COC[C@@H]2CN(C)C[C@H]1C. The van der Waals surface area contributed by atoms with Gasteiger partial charge < -0.3 is 9.64 Å². The predicted molar refractivity (Wildman–Crippen MR) is 53.6 cm³/mol. The number of hydrogen-bond acceptors (Lipinski definition) is 2. The third-order valence-corrected chi connectivity index (χ3v) is 3.97. The summed E-state index contributed by atoms with van der Waals surface area (Å²) in [5, 5.41) is 0. The predicted octanol–water partition coefficient (Wildman–Crippen LogP) is 1.47. The molecule has 2 nitrogen and oxygen atoms in total. The average molecular weight is 183 g/mol. The standard InChI is InChI=1S/C11H21NO/c1-8-4-12(3)5-10-6-13-7-11(10)9(8)2/h8-11H,4-7H2,1-3H3/t8-,9-,10+,11+/m1/s1. The maximum atomic E-state index is 5.59. The van der Waals surface area contributed by atoms with Crippen LogP contribution in [0.15, 0.2) is 0 Å². The monoisotopic (exact) mass is 183 g/mol. The van der Waals surface area contributed by atoms with Gasteiger partial charge in [0.25, 0.3) is 0 Å². The molecule has 0 bridgehead atoms. The van der Waals surface area contributed by atoms with E-state index in [4.69, 9.17) is 4.74 Å². The Morgan fingerprint density at radius 1 is 1.15 bits per heavy atom. The molecule has 4 atom stereocenters. The Balaban J connectivity index is 2.11. The highest BCUT2D eigenvalue weighted by molar-refractivity contribution is 4.87. The number of rotatable bonds is 0. The van der Waals surface area contributed by atoms with Gasteiger partial charge in [0.1, 0.15) is 0 Å². The minimum absolute atomic E-state index is 0.796. The Labute approximate surface area is 81.3 Å². The molecule has 0 aromatic heterocycles. The summed E-state index contributed by atoms with van der Waals surface area (Å²) in [5.74, 6) is 3.27. The van der Waals surface area contributed by atoms with Crippen molar-refractivity contribution in [2.24, 2.45) is 23.7 Å². The van der Waals surface area contributed by atoms with Crippen molar-refractivity contribution < 1.29 is 4.74 Å². The molecule has 0 N–H and O–H groups in total. The van der Waals surface area contributed by atoms with Crippen molar-refractivity contribution in [1.82, 2.24) is 4.90 Å². The number of likely N-dealkylation sites (tertiary alicyclic amines) is 1. The first-order valence-corrected chi connectivity index (χ1v) is 5.44. The zero-order valence-corrected chi connectivity index (χ0v) is 8.99. The number of nitrogens with zero attached hydrogens (tertiary/aromatic N) is 1. The van der Waals surface area contributed by atoms with Crippen LogP contribution in [0.1, 0.15) is 13.8 Å². The molecular weight excluding hydrogens is 162 g/mol. The molecule has 0 saturated carbocycles. The van der Waals surface area contributed by atoms with Gasteiger partial charge in [0, 0.05) is 19.0 Å². The van der Waals surface area contributed by atoms with Crippen molar-refractivity contribution in [2.75, 3.05) is 33.4 Å². The van der Waals surface area contributed by atoms with Crippen molar-refractivity contribution in [3.05, 3.63) is 0 Å². The van der Waals surface area contributed by atoms with Gasteiger partial charge in [0.2, 0.25) is 0 Å². The van der Waals surface area contributed by atoms with E-state index in [1.807, 2.05) is 0 Å².